The third-order valence-corrected chi connectivity index (χ3v) is 5.51. The van der Waals surface area contributed by atoms with Gasteiger partial charge in [0.2, 0.25) is 0 Å². The molecule has 0 aliphatic heterocycles. The monoisotopic (exact) mass is 440 g/mol. The van der Waals surface area contributed by atoms with Crippen LogP contribution in [0.1, 0.15) is 16.1 Å². The van der Waals surface area contributed by atoms with Crippen molar-refractivity contribution in [3.8, 4) is 0 Å². The molecule has 3 aromatic carbocycles. The molecule has 29 heavy (non-hydrogen) atoms. The van der Waals surface area contributed by atoms with Crippen LogP contribution >= 0.6 is 35.0 Å². The predicted octanol–water partition coefficient (Wildman–Crippen LogP) is 6.65. The van der Waals surface area contributed by atoms with E-state index in [0.717, 1.165) is 25.8 Å². The number of furan rings is 1. The lowest BCUT2D eigenvalue weighted by atomic mass is 10.2. The Morgan fingerprint density at radius 3 is 2.28 bits per heavy atom. The average Bonchev–Trinajstić information content (AvgIpc) is 3.14. The van der Waals surface area contributed by atoms with Crippen molar-refractivity contribution in [2.45, 2.75) is 9.79 Å². The summed E-state index contributed by atoms with van der Waals surface area (Å²) in [6, 6.07) is 22.3. The van der Waals surface area contributed by atoms with Crippen LogP contribution in [0.2, 0.25) is 10.0 Å². The highest BCUT2D eigenvalue weighted by Crippen LogP contribution is 2.28. The molecule has 0 fully saturated rings. The molecule has 0 atom stereocenters. The van der Waals surface area contributed by atoms with E-state index >= 15 is 0 Å². The summed E-state index contributed by atoms with van der Waals surface area (Å²) in [6.07, 6.45) is 1.58. The third-order valence-electron chi connectivity index (χ3n) is 4.01. The normalized spacial score (nSPS) is 11.2. The van der Waals surface area contributed by atoms with E-state index in [4.69, 9.17) is 27.6 Å². The fourth-order valence-corrected chi connectivity index (χ4v) is 3.73. The second-order valence-corrected chi connectivity index (χ2v) is 8.14. The summed E-state index contributed by atoms with van der Waals surface area (Å²) in [5, 5.41) is 6.06. The van der Waals surface area contributed by atoms with Crippen molar-refractivity contribution in [2.24, 2.45) is 5.10 Å². The highest BCUT2D eigenvalue weighted by Gasteiger charge is 2.11. The van der Waals surface area contributed by atoms with E-state index in [1.54, 1.807) is 42.2 Å². The Hall–Kier alpha value is -2.73. The van der Waals surface area contributed by atoms with E-state index in [1.165, 1.54) is 0 Å². The van der Waals surface area contributed by atoms with Gasteiger partial charge in [-0.2, -0.15) is 5.10 Å². The number of carbonyl (C=O) groups is 1. The summed E-state index contributed by atoms with van der Waals surface area (Å²) in [7, 11) is 0. The molecule has 0 spiro atoms. The summed E-state index contributed by atoms with van der Waals surface area (Å²) < 4.78 is 5.51. The molecular weight excluding hydrogens is 427 g/mol. The highest BCUT2D eigenvalue weighted by molar-refractivity contribution is 7.99. The van der Waals surface area contributed by atoms with Gasteiger partial charge >= 0.3 is 5.91 Å². The number of fused-ring (bicyclic) bond motifs is 1. The van der Waals surface area contributed by atoms with Gasteiger partial charge in [-0.3, -0.25) is 4.79 Å². The van der Waals surface area contributed by atoms with Gasteiger partial charge in [-0.05, 0) is 66.2 Å². The number of hydrogen-bond donors (Lipinski definition) is 1. The lowest BCUT2D eigenvalue weighted by Gasteiger charge is -2.02. The van der Waals surface area contributed by atoms with Gasteiger partial charge in [0.1, 0.15) is 5.58 Å². The van der Waals surface area contributed by atoms with E-state index in [-0.39, 0.29) is 5.76 Å². The van der Waals surface area contributed by atoms with Crippen LogP contribution < -0.4 is 5.43 Å². The zero-order valence-electron chi connectivity index (χ0n) is 14.9. The van der Waals surface area contributed by atoms with Crippen LogP contribution in [0.25, 0.3) is 11.0 Å². The number of nitrogens with one attached hydrogen (secondary N) is 1. The van der Waals surface area contributed by atoms with Crippen LogP contribution in [-0.4, -0.2) is 12.1 Å². The van der Waals surface area contributed by atoms with Crippen molar-refractivity contribution < 1.29 is 9.21 Å². The molecule has 0 bridgehead atoms. The zero-order valence-corrected chi connectivity index (χ0v) is 17.3. The predicted molar refractivity (Wildman–Crippen MR) is 118 cm³/mol. The van der Waals surface area contributed by atoms with Crippen molar-refractivity contribution in [1.29, 1.82) is 0 Å². The fraction of sp³-hybridized carbons (Fsp3) is 0. The molecule has 1 aromatic heterocycles. The molecule has 0 aliphatic carbocycles. The van der Waals surface area contributed by atoms with Crippen molar-refractivity contribution in [2.75, 3.05) is 0 Å². The quantitative estimate of drug-likeness (QED) is 0.279. The molecular formula is C22H14Cl2N2O2S. The maximum absolute atomic E-state index is 12.2. The molecule has 4 nitrogen and oxygen atoms in total. The van der Waals surface area contributed by atoms with Crippen molar-refractivity contribution in [1.82, 2.24) is 5.43 Å². The molecule has 0 saturated heterocycles. The summed E-state index contributed by atoms with van der Waals surface area (Å²) in [5.74, 6) is -0.252. The maximum atomic E-state index is 12.2. The molecule has 1 N–H and O–H groups in total. The summed E-state index contributed by atoms with van der Waals surface area (Å²) >= 11 is 13.5. The van der Waals surface area contributed by atoms with E-state index in [0.29, 0.717) is 10.6 Å². The van der Waals surface area contributed by atoms with Crippen LogP contribution in [0.5, 0.6) is 0 Å². The SMILES string of the molecule is O=C(N/N=C\c1ccc(Sc2ccc(Cl)cc2)cc1)c1cc2cc(Cl)ccc2o1. The Kier molecular flexibility index (Phi) is 5.90. The van der Waals surface area contributed by atoms with Crippen molar-refractivity contribution in [3.05, 3.63) is 94.2 Å². The Morgan fingerprint density at radius 1 is 0.897 bits per heavy atom. The van der Waals surface area contributed by atoms with Gasteiger partial charge in [0, 0.05) is 25.2 Å². The second-order valence-electron chi connectivity index (χ2n) is 6.12. The van der Waals surface area contributed by atoms with Gasteiger partial charge in [-0.1, -0.05) is 47.1 Å². The molecule has 1 heterocycles. The first kappa shape index (κ1) is 19.6. The minimum atomic E-state index is -0.427. The number of rotatable bonds is 5. The maximum Gasteiger partial charge on any atom is 0.307 e. The largest absolute Gasteiger partial charge is 0.451 e. The van der Waals surface area contributed by atoms with Gasteiger partial charge in [0.25, 0.3) is 0 Å². The number of halogens is 2. The van der Waals surface area contributed by atoms with E-state index in [2.05, 4.69) is 10.5 Å². The molecule has 4 aromatic rings. The van der Waals surface area contributed by atoms with Crippen LogP contribution in [0.3, 0.4) is 0 Å². The molecule has 1 amide bonds. The minimum absolute atomic E-state index is 0.175. The average molecular weight is 441 g/mol. The number of benzene rings is 3. The minimum Gasteiger partial charge on any atom is -0.451 e. The first-order valence-corrected chi connectivity index (χ1v) is 10.2. The second kappa shape index (κ2) is 8.74. The van der Waals surface area contributed by atoms with Crippen LogP contribution in [0.4, 0.5) is 0 Å². The molecule has 0 unspecified atom stereocenters. The van der Waals surface area contributed by atoms with E-state index in [1.807, 2.05) is 48.5 Å². The summed E-state index contributed by atoms with van der Waals surface area (Å²) in [4.78, 5) is 14.4. The van der Waals surface area contributed by atoms with Crippen molar-refractivity contribution >= 4 is 58.1 Å². The van der Waals surface area contributed by atoms with Gasteiger partial charge in [0.15, 0.2) is 5.76 Å². The number of nitrogens with zero attached hydrogens (tertiary/aromatic N) is 1. The van der Waals surface area contributed by atoms with Gasteiger partial charge in [-0.25, -0.2) is 5.43 Å². The Bertz CT molecular complexity index is 1190. The number of hydrogen-bond acceptors (Lipinski definition) is 4. The zero-order chi connectivity index (χ0) is 20.2. The first-order chi connectivity index (χ1) is 14.1. The smallest absolute Gasteiger partial charge is 0.307 e. The molecule has 0 radical (unpaired) electrons. The Morgan fingerprint density at radius 2 is 1.55 bits per heavy atom. The standard InChI is InChI=1S/C22H14Cl2N2O2S/c23-16-3-8-19(9-4-16)29-18-6-1-14(2-7-18)13-25-26-22(27)21-12-15-11-17(24)5-10-20(15)28-21/h1-13H,(H,26,27)/b25-13-. The highest BCUT2D eigenvalue weighted by atomic mass is 35.5. The third kappa shape index (κ3) is 5.01. The van der Waals surface area contributed by atoms with Gasteiger partial charge in [0.05, 0.1) is 6.21 Å². The molecule has 0 saturated carbocycles. The lowest BCUT2D eigenvalue weighted by Crippen LogP contribution is -2.16. The topological polar surface area (TPSA) is 54.6 Å². The van der Waals surface area contributed by atoms with E-state index < -0.39 is 5.91 Å². The molecule has 144 valence electrons. The number of hydrazone groups is 1. The summed E-state index contributed by atoms with van der Waals surface area (Å²) in [6.45, 7) is 0. The van der Waals surface area contributed by atoms with Gasteiger partial charge < -0.3 is 4.42 Å². The Balaban J connectivity index is 1.37. The fourth-order valence-electron chi connectivity index (χ4n) is 2.61. The molecule has 7 heteroatoms. The Labute approximate surface area is 181 Å². The summed E-state index contributed by atoms with van der Waals surface area (Å²) in [5.41, 5.74) is 3.93. The molecule has 4 rings (SSSR count). The van der Waals surface area contributed by atoms with Crippen LogP contribution in [-0.2, 0) is 0 Å². The van der Waals surface area contributed by atoms with E-state index in [9.17, 15) is 4.79 Å². The first-order valence-electron chi connectivity index (χ1n) is 8.63. The molecule has 0 aliphatic rings. The van der Waals surface area contributed by atoms with Crippen LogP contribution in [0, 0.1) is 0 Å². The lowest BCUT2D eigenvalue weighted by molar-refractivity contribution is 0.0929. The van der Waals surface area contributed by atoms with Crippen LogP contribution in [0.15, 0.2) is 92.1 Å². The van der Waals surface area contributed by atoms with Crippen molar-refractivity contribution in [3.63, 3.8) is 0 Å². The van der Waals surface area contributed by atoms with Gasteiger partial charge in [-0.15, -0.1) is 0 Å². The number of amides is 1. The number of carbonyl (C=O) groups excluding carboxylic acids is 1.